The summed E-state index contributed by atoms with van der Waals surface area (Å²) in [4.78, 5) is 12.6. The Labute approximate surface area is 71.6 Å². The van der Waals surface area contributed by atoms with Gasteiger partial charge in [-0.25, -0.2) is 13.6 Å². The Morgan fingerprint density at radius 1 is 1.67 bits per heavy atom. The minimum Gasteiger partial charge on any atom is -0.342 e. The second kappa shape index (κ2) is 3.02. The van der Waals surface area contributed by atoms with E-state index in [1.165, 1.54) is 4.90 Å². The van der Waals surface area contributed by atoms with Gasteiger partial charge in [-0.3, -0.25) is 4.79 Å². The van der Waals surface area contributed by atoms with E-state index in [4.69, 9.17) is 5.14 Å². The average molecular weight is 192 g/mol. The summed E-state index contributed by atoms with van der Waals surface area (Å²) in [6.45, 7) is 2.60. The highest BCUT2D eigenvalue weighted by Gasteiger charge is 2.35. The lowest BCUT2D eigenvalue weighted by molar-refractivity contribution is -0.127. The van der Waals surface area contributed by atoms with Gasteiger partial charge in [-0.2, -0.15) is 0 Å². The molecule has 1 fully saturated rings. The number of nitrogens with two attached hydrogens (primary N) is 1. The molecule has 1 amide bonds. The van der Waals surface area contributed by atoms with Gasteiger partial charge in [0.1, 0.15) is 5.25 Å². The summed E-state index contributed by atoms with van der Waals surface area (Å²) >= 11 is 0. The number of sulfonamides is 1. The summed E-state index contributed by atoms with van der Waals surface area (Å²) in [6, 6.07) is 0. The van der Waals surface area contributed by atoms with Crippen molar-refractivity contribution in [3.05, 3.63) is 0 Å². The fraction of sp³-hybridized carbons (Fsp3) is 0.833. The molecule has 0 aromatic rings. The predicted molar refractivity (Wildman–Crippen MR) is 43.8 cm³/mol. The third-order valence-electron chi connectivity index (χ3n) is 2.03. The van der Waals surface area contributed by atoms with Crippen molar-refractivity contribution in [1.29, 1.82) is 0 Å². The largest absolute Gasteiger partial charge is 0.342 e. The molecule has 6 heteroatoms. The number of nitrogens with zero attached hydrogens (tertiary/aromatic N) is 1. The molecule has 1 atom stereocenters. The first-order valence-corrected chi connectivity index (χ1v) is 5.35. The molecule has 1 rings (SSSR count). The van der Waals surface area contributed by atoms with Gasteiger partial charge in [0.05, 0.1) is 0 Å². The van der Waals surface area contributed by atoms with Crippen molar-refractivity contribution in [2.75, 3.05) is 13.1 Å². The van der Waals surface area contributed by atoms with Crippen LogP contribution in [0.1, 0.15) is 13.3 Å². The fourth-order valence-corrected chi connectivity index (χ4v) is 2.02. The molecule has 1 saturated heterocycles. The van der Waals surface area contributed by atoms with Crippen LogP contribution in [0.15, 0.2) is 0 Å². The number of primary sulfonamides is 1. The van der Waals surface area contributed by atoms with Gasteiger partial charge in [-0.1, -0.05) is 0 Å². The van der Waals surface area contributed by atoms with Gasteiger partial charge < -0.3 is 4.90 Å². The van der Waals surface area contributed by atoms with Crippen molar-refractivity contribution in [2.24, 2.45) is 5.14 Å². The van der Waals surface area contributed by atoms with E-state index < -0.39 is 15.3 Å². The lowest BCUT2D eigenvalue weighted by atomic mass is 10.4. The Bertz CT molecular complexity index is 285. The second-order valence-corrected chi connectivity index (χ2v) is 4.69. The molecule has 0 radical (unpaired) electrons. The van der Waals surface area contributed by atoms with Gasteiger partial charge >= 0.3 is 0 Å². The molecule has 5 nitrogen and oxygen atoms in total. The van der Waals surface area contributed by atoms with Crippen molar-refractivity contribution in [2.45, 2.75) is 18.6 Å². The van der Waals surface area contributed by atoms with Crippen LogP contribution in [-0.4, -0.2) is 37.6 Å². The van der Waals surface area contributed by atoms with Gasteiger partial charge in [0.15, 0.2) is 0 Å². The summed E-state index contributed by atoms with van der Waals surface area (Å²) < 4.78 is 21.7. The van der Waals surface area contributed by atoms with Crippen molar-refractivity contribution >= 4 is 15.9 Å². The standard InChI is InChI=1S/C6H12N2O3S/c1-2-8-4-5(3-6(8)9)12(7,10)11/h5H,2-4H2,1H3,(H2,7,10,11). The number of hydrogen-bond acceptors (Lipinski definition) is 3. The Balaban J connectivity index is 2.73. The lowest BCUT2D eigenvalue weighted by Gasteiger charge is -2.12. The summed E-state index contributed by atoms with van der Waals surface area (Å²) in [5.41, 5.74) is 0. The lowest BCUT2D eigenvalue weighted by Crippen LogP contribution is -2.31. The first-order valence-electron chi connectivity index (χ1n) is 3.74. The maximum atomic E-state index is 11.1. The van der Waals surface area contributed by atoms with Crippen molar-refractivity contribution < 1.29 is 13.2 Å². The predicted octanol–water partition coefficient (Wildman–Crippen LogP) is -1.10. The van der Waals surface area contributed by atoms with Crippen LogP contribution in [0.3, 0.4) is 0 Å². The summed E-state index contributed by atoms with van der Waals surface area (Å²) in [5, 5.41) is 4.21. The van der Waals surface area contributed by atoms with E-state index in [2.05, 4.69) is 0 Å². The monoisotopic (exact) mass is 192 g/mol. The SMILES string of the molecule is CCN1CC(S(N)(=O)=O)CC1=O. The molecular weight excluding hydrogens is 180 g/mol. The third-order valence-corrected chi connectivity index (χ3v) is 3.27. The Hall–Kier alpha value is -0.620. The van der Waals surface area contributed by atoms with Crippen LogP contribution in [0.2, 0.25) is 0 Å². The molecule has 1 aliphatic rings. The van der Waals surface area contributed by atoms with E-state index in [1.54, 1.807) is 0 Å². The second-order valence-electron chi connectivity index (χ2n) is 2.85. The molecule has 1 unspecified atom stereocenters. The van der Waals surface area contributed by atoms with E-state index >= 15 is 0 Å². The quantitative estimate of drug-likeness (QED) is 0.602. The van der Waals surface area contributed by atoms with Gasteiger partial charge in [-0.15, -0.1) is 0 Å². The van der Waals surface area contributed by atoms with Crippen LogP contribution in [0, 0.1) is 0 Å². The van der Waals surface area contributed by atoms with Crippen molar-refractivity contribution in [1.82, 2.24) is 4.90 Å². The zero-order valence-corrected chi connectivity index (χ0v) is 7.67. The highest BCUT2D eigenvalue weighted by molar-refractivity contribution is 7.89. The van der Waals surface area contributed by atoms with Gasteiger partial charge in [0.25, 0.3) is 0 Å². The Morgan fingerprint density at radius 3 is 2.50 bits per heavy atom. The van der Waals surface area contributed by atoms with Crippen LogP contribution < -0.4 is 5.14 Å². The van der Waals surface area contributed by atoms with Gasteiger partial charge in [-0.05, 0) is 6.92 Å². The summed E-state index contributed by atoms with van der Waals surface area (Å²) in [6.07, 6.45) is 0.0344. The van der Waals surface area contributed by atoms with E-state index in [9.17, 15) is 13.2 Å². The summed E-state index contributed by atoms with van der Waals surface area (Å²) in [7, 11) is -3.54. The molecule has 2 N–H and O–H groups in total. The Morgan fingerprint density at radius 2 is 2.25 bits per heavy atom. The van der Waals surface area contributed by atoms with E-state index in [-0.39, 0.29) is 18.9 Å². The van der Waals surface area contributed by atoms with Crippen LogP contribution in [0.5, 0.6) is 0 Å². The first-order chi connectivity index (χ1) is 5.45. The van der Waals surface area contributed by atoms with Crippen LogP contribution in [-0.2, 0) is 14.8 Å². The number of hydrogen-bond donors (Lipinski definition) is 1. The highest BCUT2D eigenvalue weighted by atomic mass is 32.2. The van der Waals surface area contributed by atoms with Crippen molar-refractivity contribution in [3.63, 3.8) is 0 Å². The van der Waals surface area contributed by atoms with E-state index in [0.29, 0.717) is 6.54 Å². The molecule has 0 aromatic carbocycles. The molecule has 0 spiro atoms. The molecule has 70 valence electrons. The molecule has 1 aliphatic heterocycles. The third kappa shape index (κ3) is 1.75. The number of carbonyl (C=O) groups is 1. The summed E-state index contributed by atoms with van der Waals surface area (Å²) in [5.74, 6) is -0.128. The van der Waals surface area contributed by atoms with Crippen molar-refractivity contribution in [3.8, 4) is 0 Å². The smallest absolute Gasteiger partial charge is 0.224 e. The number of likely N-dealkylation sites (tertiary alicyclic amines) is 1. The normalized spacial score (nSPS) is 25.0. The maximum absolute atomic E-state index is 11.1. The molecular formula is C6H12N2O3S. The first kappa shape index (κ1) is 9.47. The molecule has 1 heterocycles. The maximum Gasteiger partial charge on any atom is 0.224 e. The highest BCUT2D eigenvalue weighted by Crippen LogP contribution is 2.15. The zero-order valence-electron chi connectivity index (χ0n) is 6.86. The Kier molecular flexibility index (Phi) is 2.39. The molecule has 12 heavy (non-hydrogen) atoms. The minimum absolute atomic E-state index is 0.0344. The molecule has 0 saturated carbocycles. The fourth-order valence-electron chi connectivity index (χ4n) is 1.26. The molecule has 0 aliphatic carbocycles. The average Bonchev–Trinajstić information content (AvgIpc) is 2.29. The number of amides is 1. The zero-order chi connectivity index (χ0) is 9.35. The van der Waals surface area contributed by atoms with E-state index in [0.717, 1.165) is 0 Å². The van der Waals surface area contributed by atoms with Gasteiger partial charge in [0.2, 0.25) is 15.9 Å². The van der Waals surface area contributed by atoms with Crippen LogP contribution in [0.25, 0.3) is 0 Å². The van der Waals surface area contributed by atoms with Crippen LogP contribution >= 0.6 is 0 Å². The minimum atomic E-state index is -3.54. The molecule has 0 aromatic heterocycles. The van der Waals surface area contributed by atoms with Gasteiger partial charge in [0, 0.05) is 19.5 Å². The van der Waals surface area contributed by atoms with Crippen LogP contribution in [0.4, 0.5) is 0 Å². The van der Waals surface area contributed by atoms with E-state index in [1.807, 2.05) is 6.92 Å². The number of carbonyl (C=O) groups excluding carboxylic acids is 1. The number of rotatable bonds is 2. The topological polar surface area (TPSA) is 80.5 Å². The molecule has 0 bridgehead atoms.